The minimum Gasteiger partial charge on any atom is -0.369 e. The van der Waals surface area contributed by atoms with Gasteiger partial charge in [-0.1, -0.05) is 17.9 Å². The van der Waals surface area contributed by atoms with Crippen LogP contribution in [0.4, 0.5) is 5.69 Å². The molecule has 0 bridgehead atoms. The molecule has 0 spiro atoms. The third-order valence-electron chi connectivity index (χ3n) is 1.84. The molecule has 0 unspecified atom stereocenters. The van der Waals surface area contributed by atoms with E-state index in [4.69, 9.17) is 5.73 Å². The molecule has 0 aliphatic rings. The lowest BCUT2D eigenvalue weighted by molar-refractivity contribution is -0.385. The van der Waals surface area contributed by atoms with Crippen LogP contribution in [0.3, 0.4) is 0 Å². The van der Waals surface area contributed by atoms with Crippen LogP contribution in [-0.4, -0.2) is 10.8 Å². The Morgan fingerprint density at radius 3 is 2.81 bits per heavy atom. The minimum absolute atomic E-state index is 0.0584. The normalized spacial score (nSPS) is 9.06. The number of carbonyl (C=O) groups is 1. The molecule has 82 valence electrons. The number of rotatable bonds is 2. The van der Waals surface area contributed by atoms with E-state index >= 15 is 0 Å². The van der Waals surface area contributed by atoms with E-state index in [1.807, 2.05) is 0 Å². The van der Waals surface area contributed by atoms with Crippen molar-refractivity contribution in [3.63, 3.8) is 0 Å². The van der Waals surface area contributed by atoms with E-state index in [1.165, 1.54) is 6.07 Å². The van der Waals surface area contributed by atoms with Crippen molar-refractivity contribution >= 4 is 11.6 Å². The molecule has 0 heterocycles. The highest BCUT2D eigenvalue weighted by Gasteiger charge is 2.11. The first-order chi connectivity index (χ1) is 7.50. The summed E-state index contributed by atoms with van der Waals surface area (Å²) in [6.07, 6.45) is -0.106. The van der Waals surface area contributed by atoms with Crippen LogP contribution < -0.4 is 5.73 Å². The summed E-state index contributed by atoms with van der Waals surface area (Å²) in [4.78, 5) is 20.7. The predicted octanol–water partition coefficient (Wildman–Crippen LogP) is 1.13. The number of nitrogens with two attached hydrogens (primary N) is 1. The Kier molecular flexibility index (Phi) is 3.62. The summed E-state index contributed by atoms with van der Waals surface area (Å²) in [5, 5.41) is 10.7. The summed E-state index contributed by atoms with van der Waals surface area (Å²) in [5.41, 5.74) is 5.92. The number of nitro benzene ring substituents is 1. The molecule has 0 aromatic heterocycles. The minimum atomic E-state index is -0.553. The van der Waals surface area contributed by atoms with Gasteiger partial charge in [0, 0.05) is 6.07 Å². The average molecular weight is 218 g/mol. The largest absolute Gasteiger partial charge is 0.369 e. The zero-order chi connectivity index (χ0) is 12.1. The fraction of sp³-hybridized carbons (Fsp3) is 0.182. The van der Waals surface area contributed by atoms with Crippen molar-refractivity contribution in [2.24, 2.45) is 5.73 Å². The fourth-order valence-corrected chi connectivity index (χ4v) is 1.12. The Labute approximate surface area is 92.4 Å². The molecule has 1 rings (SSSR count). The summed E-state index contributed by atoms with van der Waals surface area (Å²) in [5.74, 6) is 4.49. The van der Waals surface area contributed by atoms with Crippen LogP contribution in [0.5, 0.6) is 0 Å². The number of hydrogen-bond acceptors (Lipinski definition) is 3. The van der Waals surface area contributed by atoms with Crippen LogP contribution in [0.2, 0.25) is 0 Å². The predicted molar refractivity (Wildman–Crippen MR) is 58.5 cm³/mol. The van der Waals surface area contributed by atoms with Gasteiger partial charge in [-0.2, -0.15) is 0 Å². The Hall–Kier alpha value is -2.35. The highest BCUT2D eigenvalue weighted by atomic mass is 16.6. The zero-order valence-corrected chi connectivity index (χ0v) is 8.69. The Morgan fingerprint density at radius 1 is 1.56 bits per heavy atom. The van der Waals surface area contributed by atoms with Crippen molar-refractivity contribution in [2.75, 3.05) is 0 Å². The van der Waals surface area contributed by atoms with Crippen LogP contribution in [0, 0.1) is 28.9 Å². The molecule has 2 N–H and O–H groups in total. The van der Waals surface area contributed by atoms with E-state index in [1.54, 1.807) is 19.1 Å². The Balaban J connectivity index is 3.07. The van der Waals surface area contributed by atoms with Crippen LogP contribution >= 0.6 is 0 Å². The molecular formula is C11H10N2O3. The first kappa shape index (κ1) is 11.7. The monoisotopic (exact) mass is 218 g/mol. The molecule has 5 heteroatoms. The van der Waals surface area contributed by atoms with Crippen molar-refractivity contribution in [1.29, 1.82) is 0 Å². The van der Waals surface area contributed by atoms with Gasteiger partial charge < -0.3 is 5.73 Å². The molecule has 1 aromatic rings. The van der Waals surface area contributed by atoms with Gasteiger partial charge in [-0.15, -0.1) is 0 Å². The summed E-state index contributed by atoms with van der Waals surface area (Å²) >= 11 is 0. The zero-order valence-electron chi connectivity index (χ0n) is 8.69. The first-order valence-corrected chi connectivity index (χ1v) is 4.53. The highest BCUT2D eigenvalue weighted by molar-refractivity contribution is 5.76. The average Bonchev–Trinajstić information content (AvgIpc) is 2.19. The smallest absolute Gasteiger partial charge is 0.285 e. The van der Waals surface area contributed by atoms with Crippen LogP contribution in [0.15, 0.2) is 18.2 Å². The maximum Gasteiger partial charge on any atom is 0.285 e. The van der Waals surface area contributed by atoms with Gasteiger partial charge in [0.25, 0.3) is 5.69 Å². The van der Waals surface area contributed by atoms with E-state index < -0.39 is 10.8 Å². The van der Waals surface area contributed by atoms with Gasteiger partial charge in [-0.25, -0.2) is 0 Å². The summed E-state index contributed by atoms with van der Waals surface area (Å²) in [6, 6.07) is 4.72. The van der Waals surface area contributed by atoms with Crippen LogP contribution in [0.1, 0.15) is 17.5 Å². The number of primary amides is 1. The van der Waals surface area contributed by atoms with Gasteiger partial charge in [-0.05, 0) is 18.6 Å². The van der Waals surface area contributed by atoms with Gasteiger partial charge in [0.05, 0.1) is 11.3 Å². The molecule has 5 nitrogen and oxygen atoms in total. The highest BCUT2D eigenvalue weighted by Crippen LogP contribution is 2.18. The SMILES string of the molecule is Cc1ccc(C#CCC(N)=O)c([N+](=O)[O-])c1. The maximum atomic E-state index is 10.7. The topological polar surface area (TPSA) is 86.2 Å². The number of nitro groups is 1. The molecule has 1 aromatic carbocycles. The number of nitrogens with zero attached hydrogens (tertiary/aromatic N) is 1. The van der Waals surface area contributed by atoms with Crippen molar-refractivity contribution in [3.05, 3.63) is 39.4 Å². The maximum absolute atomic E-state index is 10.7. The van der Waals surface area contributed by atoms with E-state index in [0.29, 0.717) is 0 Å². The van der Waals surface area contributed by atoms with Gasteiger partial charge in [0.15, 0.2) is 0 Å². The summed E-state index contributed by atoms with van der Waals surface area (Å²) in [7, 11) is 0. The molecule has 16 heavy (non-hydrogen) atoms. The van der Waals surface area contributed by atoms with E-state index in [2.05, 4.69) is 11.8 Å². The summed E-state index contributed by atoms with van der Waals surface area (Å²) in [6.45, 7) is 1.76. The lowest BCUT2D eigenvalue weighted by atomic mass is 10.1. The number of aryl methyl sites for hydroxylation is 1. The third kappa shape index (κ3) is 3.10. The molecule has 1 amide bonds. The second-order valence-electron chi connectivity index (χ2n) is 3.22. The molecular weight excluding hydrogens is 208 g/mol. The van der Waals surface area contributed by atoms with Crippen molar-refractivity contribution in [2.45, 2.75) is 13.3 Å². The van der Waals surface area contributed by atoms with Crippen LogP contribution in [-0.2, 0) is 4.79 Å². The molecule has 0 aliphatic carbocycles. The van der Waals surface area contributed by atoms with Gasteiger partial charge >= 0.3 is 0 Å². The van der Waals surface area contributed by atoms with Crippen LogP contribution in [0.25, 0.3) is 0 Å². The van der Waals surface area contributed by atoms with Gasteiger partial charge in [0.2, 0.25) is 5.91 Å². The fourth-order valence-electron chi connectivity index (χ4n) is 1.12. The number of amides is 1. The molecule has 0 aliphatic heterocycles. The molecule has 0 radical (unpaired) electrons. The molecule has 0 atom stereocenters. The Bertz CT molecular complexity index is 498. The van der Waals surface area contributed by atoms with Gasteiger partial charge in [-0.3, -0.25) is 14.9 Å². The lowest BCUT2D eigenvalue weighted by Gasteiger charge is -1.96. The van der Waals surface area contributed by atoms with E-state index in [9.17, 15) is 14.9 Å². The third-order valence-corrected chi connectivity index (χ3v) is 1.84. The van der Waals surface area contributed by atoms with Crippen molar-refractivity contribution in [1.82, 2.24) is 0 Å². The quantitative estimate of drug-likeness (QED) is 0.458. The second-order valence-corrected chi connectivity index (χ2v) is 3.22. The second kappa shape index (κ2) is 4.94. The molecule has 0 saturated carbocycles. The number of hydrogen-bond donors (Lipinski definition) is 1. The van der Waals surface area contributed by atoms with E-state index in [0.717, 1.165) is 5.56 Å². The Morgan fingerprint density at radius 2 is 2.25 bits per heavy atom. The molecule has 0 fully saturated rings. The number of benzene rings is 1. The molecule has 0 saturated heterocycles. The number of carbonyl (C=O) groups excluding carboxylic acids is 1. The van der Waals surface area contributed by atoms with Crippen molar-refractivity contribution < 1.29 is 9.72 Å². The standard InChI is InChI=1S/C11H10N2O3/c1-8-5-6-9(3-2-4-11(12)14)10(7-8)13(15)16/h5-7H,4H2,1H3,(H2,12,14). The lowest BCUT2D eigenvalue weighted by Crippen LogP contribution is -2.08. The van der Waals surface area contributed by atoms with Crippen molar-refractivity contribution in [3.8, 4) is 11.8 Å². The van der Waals surface area contributed by atoms with Gasteiger partial charge in [0.1, 0.15) is 5.56 Å². The summed E-state index contributed by atoms with van der Waals surface area (Å²) < 4.78 is 0. The van der Waals surface area contributed by atoms with E-state index in [-0.39, 0.29) is 17.7 Å². The first-order valence-electron chi connectivity index (χ1n) is 4.53.